The molecule has 0 bridgehead atoms. The van der Waals surface area contributed by atoms with E-state index in [2.05, 4.69) is 15.4 Å². The van der Waals surface area contributed by atoms with E-state index in [1.165, 1.54) is 22.2 Å². The Morgan fingerprint density at radius 2 is 2.07 bits per heavy atom. The summed E-state index contributed by atoms with van der Waals surface area (Å²) in [4.78, 5) is 30.5. The average Bonchev–Trinajstić information content (AvgIpc) is 3.25. The van der Waals surface area contributed by atoms with Gasteiger partial charge in [0.05, 0.1) is 29.3 Å². The highest BCUT2D eigenvalue weighted by molar-refractivity contribution is 7.20. The molecule has 0 aliphatic carbocycles. The van der Waals surface area contributed by atoms with Crippen molar-refractivity contribution >= 4 is 56.5 Å². The number of nitrogens with one attached hydrogen (secondary N) is 1. The SMILES string of the molecule is Cc1c(C(=O)Nc2ccnn2Cc2ccc(Cl)cc2Cl)sc2ncn(C)c(=O)c12. The lowest BCUT2D eigenvalue weighted by atomic mass is 10.2. The fraction of sp³-hybridized carbons (Fsp3) is 0.158. The zero-order chi connectivity index (χ0) is 20.7. The molecule has 0 spiro atoms. The molecule has 4 aromatic rings. The maximum absolute atomic E-state index is 12.9. The third-order valence-electron chi connectivity index (χ3n) is 4.51. The van der Waals surface area contributed by atoms with Crippen LogP contribution >= 0.6 is 34.5 Å². The quantitative estimate of drug-likeness (QED) is 0.510. The minimum absolute atomic E-state index is 0.176. The zero-order valence-corrected chi connectivity index (χ0v) is 17.8. The molecule has 1 amide bonds. The number of benzene rings is 1. The van der Waals surface area contributed by atoms with Gasteiger partial charge in [0, 0.05) is 23.2 Å². The molecule has 3 aromatic heterocycles. The van der Waals surface area contributed by atoms with Crippen LogP contribution in [0, 0.1) is 6.92 Å². The van der Waals surface area contributed by atoms with Crippen LogP contribution < -0.4 is 10.9 Å². The molecule has 0 aliphatic heterocycles. The minimum Gasteiger partial charge on any atom is -0.306 e. The topological polar surface area (TPSA) is 81.8 Å². The Labute approximate surface area is 179 Å². The summed E-state index contributed by atoms with van der Waals surface area (Å²) in [5, 5.41) is 8.65. The summed E-state index contributed by atoms with van der Waals surface area (Å²) in [7, 11) is 1.63. The third-order valence-corrected chi connectivity index (χ3v) is 6.30. The van der Waals surface area contributed by atoms with Crippen LogP contribution in [-0.2, 0) is 13.6 Å². The highest BCUT2D eigenvalue weighted by Crippen LogP contribution is 2.28. The van der Waals surface area contributed by atoms with Gasteiger partial charge in [-0.25, -0.2) is 9.67 Å². The van der Waals surface area contributed by atoms with Crippen LogP contribution in [0.3, 0.4) is 0 Å². The van der Waals surface area contributed by atoms with E-state index in [9.17, 15) is 9.59 Å². The van der Waals surface area contributed by atoms with Gasteiger partial charge in [0.15, 0.2) is 0 Å². The van der Waals surface area contributed by atoms with E-state index in [0.29, 0.717) is 43.1 Å². The number of nitrogens with zero attached hydrogens (tertiary/aromatic N) is 4. The van der Waals surface area contributed by atoms with E-state index in [-0.39, 0.29) is 11.5 Å². The highest BCUT2D eigenvalue weighted by atomic mass is 35.5. The molecule has 0 saturated carbocycles. The molecule has 148 valence electrons. The van der Waals surface area contributed by atoms with E-state index in [1.807, 2.05) is 6.07 Å². The van der Waals surface area contributed by atoms with Crippen LogP contribution in [0.1, 0.15) is 20.8 Å². The van der Waals surface area contributed by atoms with Crippen LogP contribution in [0.5, 0.6) is 0 Å². The first-order valence-electron chi connectivity index (χ1n) is 8.57. The molecule has 1 N–H and O–H groups in total. The summed E-state index contributed by atoms with van der Waals surface area (Å²) in [6, 6.07) is 6.92. The lowest BCUT2D eigenvalue weighted by Gasteiger charge is -2.10. The van der Waals surface area contributed by atoms with Gasteiger partial charge in [-0.1, -0.05) is 29.3 Å². The molecule has 0 saturated heterocycles. The van der Waals surface area contributed by atoms with Gasteiger partial charge in [0.2, 0.25) is 0 Å². The van der Waals surface area contributed by atoms with Crippen molar-refractivity contribution in [2.24, 2.45) is 7.05 Å². The summed E-state index contributed by atoms with van der Waals surface area (Å²) in [6.07, 6.45) is 3.04. The number of anilines is 1. The van der Waals surface area contributed by atoms with Gasteiger partial charge in [-0.2, -0.15) is 5.10 Å². The number of hydrogen-bond acceptors (Lipinski definition) is 5. The number of hydrogen-bond donors (Lipinski definition) is 1. The van der Waals surface area contributed by atoms with Crippen molar-refractivity contribution in [1.82, 2.24) is 19.3 Å². The van der Waals surface area contributed by atoms with E-state index < -0.39 is 0 Å². The van der Waals surface area contributed by atoms with Crippen molar-refractivity contribution in [3.05, 3.63) is 73.2 Å². The molecule has 0 fully saturated rings. The number of aromatic nitrogens is 4. The molecular formula is C19H15Cl2N5O2S. The average molecular weight is 448 g/mol. The minimum atomic E-state index is -0.323. The van der Waals surface area contributed by atoms with Gasteiger partial charge in [-0.3, -0.25) is 9.59 Å². The fourth-order valence-electron chi connectivity index (χ4n) is 2.97. The Balaban J connectivity index is 1.63. The van der Waals surface area contributed by atoms with Gasteiger partial charge in [0.1, 0.15) is 10.6 Å². The molecule has 0 atom stereocenters. The van der Waals surface area contributed by atoms with E-state index in [1.54, 1.807) is 43.0 Å². The second-order valence-electron chi connectivity index (χ2n) is 6.46. The maximum atomic E-state index is 12.9. The lowest BCUT2D eigenvalue weighted by Crippen LogP contribution is -2.18. The van der Waals surface area contributed by atoms with Crippen molar-refractivity contribution in [3.8, 4) is 0 Å². The van der Waals surface area contributed by atoms with Crippen molar-refractivity contribution in [2.75, 3.05) is 5.32 Å². The molecule has 1 aromatic carbocycles. The second-order valence-corrected chi connectivity index (χ2v) is 8.30. The van der Waals surface area contributed by atoms with E-state index in [0.717, 1.165) is 5.56 Å². The molecule has 7 nitrogen and oxygen atoms in total. The summed E-state index contributed by atoms with van der Waals surface area (Å²) in [5.74, 6) is 0.190. The number of aryl methyl sites for hydroxylation is 2. The van der Waals surface area contributed by atoms with Crippen LogP contribution in [-0.4, -0.2) is 25.2 Å². The smallest absolute Gasteiger partial charge is 0.267 e. The van der Waals surface area contributed by atoms with Crippen molar-refractivity contribution in [3.63, 3.8) is 0 Å². The van der Waals surface area contributed by atoms with Gasteiger partial charge < -0.3 is 9.88 Å². The van der Waals surface area contributed by atoms with Crippen LogP contribution in [0.2, 0.25) is 10.0 Å². The lowest BCUT2D eigenvalue weighted by molar-refractivity contribution is 0.102. The fourth-order valence-corrected chi connectivity index (χ4v) is 4.48. The number of carbonyl (C=O) groups is 1. The summed E-state index contributed by atoms with van der Waals surface area (Å²) in [5.41, 5.74) is 1.26. The number of thiophene rings is 1. The Bertz CT molecular complexity index is 1310. The van der Waals surface area contributed by atoms with E-state index >= 15 is 0 Å². The largest absolute Gasteiger partial charge is 0.306 e. The maximum Gasteiger partial charge on any atom is 0.267 e. The monoisotopic (exact) mass is 447 g/mol. The van der Waals surface area contributed by atoms with E-state index in [4.69, 9.17) is 23.2 Å². The van der Waals surface area contributed by atoms with Gasteiger partial charge in [-0.05, 0) is 30.2 Å². The van der Waals surface area contributed by atoms with Crippen LogP contribution in [0.4, 0.5) is 5.82 Å². The Hall–Kier alpha value is -2.68. The zero-order valence-electron chi connectivity index (χ0n) is 15.4. The number of fused-ring (bicyclic) bond motifs is 1. The number of carbonyl (C=O) groups excluding carboxylic acids is 1. The first-order chi connectivity index (χ1) is 13.8. The Morgan fingerprint density at radius 3 is 2.83 bits per heavy atom. The predicted molar refractivity (Wildman–Crippen MR) is 115 cm³/mol. The standard InChI is InChI=1S/C19H15Cl2N5O2S/c1-10-15-18(22-9-25(2)19(15)28)29-16(10)17(27)24-14-5-6-23-26(14)8-11-3-4-12(20)7-13(11)21/h3-7,9H,8H2,1-2H3,(H,24,27). The molecule has 0 unspecified atom stereocenters. The third kappa shape index (κ3) is 3.66. The molecular weight excluding hydrogens is 433 g/mol. The number of halogens is 2. The summed E-state index contributed by atoms with van der Waals surface area (Å²) < 4.78 is 3.03. The molecule has 10 heteroatoms. The Kier molecular flexibility index (Phi) is 5.16. The second kappa shape index (κ2) is 7.62. The highest BCUT2D eigenvalue weighted by Gasteiger charge is 2.20. The Morgan fingerprint density at radius 1 is 1.28 bits per heavy atom. The molecule has 3 heterocycles. The number of amides is 1. The molecule has 0 radical (unpaired) electrons. The molecule has 4 rings (SSSR count). The predicted octanol–water partition coefficient (Wildman–Crippen LogP) is 4.11. The molecule has 0 aliphatic rings. The normalized spacial score (nSPS) is 11.2. The van der Waals surface area contributed by atoms with Gasteiger partial charge >= 0.3 is 0 Å². The van der Waals surface area contributed by atoms with Crippen molar-refractivity contribution in [2.45, 2.75) is 13.5 Å². The summed E-state index contributed by atoms with van der Waals surface area (Å²) in [6.45, 7) is 2.12. The van der Waals surface area contributed by atoms with Crippen molar-refractivity contribution < 1.29 is 4.79 Å². The molecule has 29 heavy (non-hydrogen) atoms. The van der Waals surface area contributed by atoms with Crippen molar-refractivity contribution in [1.29, 1.82) is 0 Å². The van der Waals surface area contributed by atoms with Crippen LogP contribution in [0.15, 0.2) is 41.6 Å². The summed E-state index contributed by atoms with van der Waals surface area (Å²) >= 11 is 13.4. The number of rotatable bonds is 4. The first kappa shape index (κ1) is 19.6. The van der Waals surface area contributed by atoms with Crippen LogP contribution in [0.25, 0.3) is 10.2 Å². The van der Waals surface area contributed by atoms with Gasteiger partial charge in [-0.15, -0.1) is 11.3 Å². The van der Waals surface area contributed by atoms with Gasteiger partial charge in [0.25, 0.3) is 11.5 Å². The first-order valence-corrected chi connectivity index (χ1v) is 10.1.